The normalized spacial score (nSPS) is 19.8. The highest BCUT2D eigenvalue weighted by molar-refractivity contribution is 5.88. The summed E-state index contributed by atoms with van der Waals surface area (Å²) < 4.78 is 55.9. The van der Waals surface area contributed by atoms with E-state index in [9.17, 15) is 53.8 Å². The summed E-state index contributed by atoms with van der Waals surface area (Å²) in [5.74, 6) is -6.76. The van der Waals surface area contributed by atoms with Crippen molar-refractivity contribution in [3.05, 3.63) is 112 Å². The van der Waals surface area contributed by atoms with Gasteiger partial charge in [0.05, 0.1) is 19.4 Å². The minimum absolute atomic E-state index is 0.0844. The van der Waals surface area contributed by atoms with Crippen LogP contribution in [0.3, 0.4) is 0 Å². The lowest BCUT2D eigenvalue weighted by Crippen LogP contribution is -2.62. The van der Waals surface area contributed by atoms with Crippen LogP contribution in [-0.2, 0) is 36.6 Å². The van der Waals surface area contributed by atoms with E-state index in [1.165, 1.54) is 30.3 Å². The molecule has 6 rings (SSSR count). The van der Waals surface area contributed by atoms with E-state index in [0.717, 1.165) is 48.5 Å². The first-order chi connectivity index (χ1) is 25.3. The Kier molecular flexibility index (Phi) is 10.5. The summed E-state index contributed by atoms with van der Waals surface area (Å²) in [4.78, 5) is 40.6. The van der Waals surface area contributed by atoms with Crippen LogP contribution in [0.5, 0.6) is 28.7 Å². The van der Waals surface area contributed by atoms with Crippen LogP contribution in [0.25, 0.3) is 22.3 Å². The van der Waals surface area contributed by atoms with Crippen LogP contribution in [0, 0.1) is 11.6 Å². The molecule has 3 unspecified atom stereocenters. The van der Waals surface area contributed by atoms with Crippen LogP contribution in [-0.4, -0.2) is 79.9 Å². The van der Waals surface area contributed by atoms with Crippen LogP contribution >= 0.6 is 0 Å². The van der Waals surface area contributed by atoms with E-state index in [0.29, 0.717) is 11.1 Å². The van der Waals surface area contributed by atoms with Crippen molar-refractivity contribution in [2.75, 3.05) is 6.61 Å². The van der Waals surface area contributed by atoms with E-state index in [1.807, 2.05) is 0 Å². The number of carbonyl (C=O) groups is 2. The molecule has 0 radical (unpaired) electrons. The molecular formula is C37H30F2O14. The summed E-state index contributed by atoms with van der Waals surface area (Å²) in [6.45, 7) is -0.908. The molecule has 16 heteroatoms. The first-order valence-electron chi connectivity index (χ1n) is 15.8. The lowest BCUT2D eigenvalue weighted by atomic mass is 9.98. The standard InChI is InChI=1S/C37H30F2O14/c38-20-6-1-17(2-7-20)11-28(45)51-34-31(47)27(16-40)50-37(36(34)52-29(46)12-18-3-8-21(39)9-4-18)53-35-32(48)30-25(44)14-22(41)15-26(30)49-33(35)19-5-10-23(42)24(43)13-19/h1-10,13-15,27,31,34,36-37,40-44,47H,11-12,16H2/t27?,31?,34-,36?,37-/m0/s1. The molecule has 0 spiro atoms. The molecule has 6 N–H and O–H groups in total. The van der Waals surface area contributed by atoms with Gasteiger partial charge in [-0.15, -0.1) is 0 Å². The van der Waals surface area contributed by atoms with E-state index in [4.69, 9.17) is 23.4 Å². The fourth-order valence-electron chi connectivity index (χ4n) is 5.67. The summed E-state index contributed by atoms with van der Waals surface area (Å²) in [6, 6.07) is 14.8. The summed E-state index contributed by atoms with van der Waals surface area (Å²) in [5.41, 5.74) is -0.893. The molecule has 5 atom stereocenters. The average Bonchev–Trinajstić information content (AvgIpc) is 3.11. The number of hydrogen-bond donors (Lipinski definition) is 6. The number of carbonyl (C=O) groups excluding carboxylic acids is 2. The van der Waals surface area contributed by atoms with Gasteiger partial charge >= 0.3 is 11.9 Å². The fraction of sp³-hybridized carbons (Fsp3) is 0.216. The Hall–Kier alpha value is -6.23. The molecule has 1 aliphatic heterocycles. The molecular weight excluding hydrogens is 706 g/mol. The molecule has 1 aliphatic rings. The fourth-order valence-corrected chi connectivity index (χ4v) is 5.67. The van der Waals surface area contributed by atoms with Crippen molar-refractivity contribution in [3.63, 3.8) is 0 Å². The van der Waals surface area contributed by atoms with Gasteiger partial charge in [0.1, 0.15) is 46.3 Å². The maximum atomic E-state index is 14.0. The topological polar surface area (TPSA) is 223 Å². The molecule has 5 aromatic rings. The van der Waals surface area contributed by atoms with Crippen molar-refractivity contribution in [3.8, 4) is 40.1 Å². The van der Waals surface area contributed by atoms with Crippen LogP contribution in [0.4, 0.5) is 8.78 Å². The molecule has 53 heavy (non-hydrogen) atoms. The molecule has 14 nitrogen and oxygen atoms in total. The summed E-state index contributed by atoms with van der Waals surface area (Å²) in [7, 11) is 0. The van der Waals surface area contributed by atoms with Crippen LogP contribution in [0.2, 0.25) is 0 Å². The number of rotatable bonds is 10. The van der Waals surface area contributed by atoms with Crippen molar-refractivity contribution in [1.82, 2.24) is 0 Å². The Labute approximate surface area is 297 Å². The molecule has 276 valence electrons. The Morgan fingerprint density at radius 1 is 0.736 bits per heavy atom. The highest BCUT2D eigenvalue weighted by atomic mass is 19.1. The van der Waals surface area contributed by atoms with Gasteiger partial charge < -0.3 is 54.0 Å². The van der Waals surface area contributed by atoms with Gasteiger partial charge in [0, 0.05) is 17.7 Å². The number of ether oxygens (including phenoxy) is 4. The monoisotopic (exact) mass is 736 g/mol. The summed E-state index contributed by atoms with van der Waals surface area (Å²) in [5, 5.41) is 61.7. The van der Waals surface area contributed by atoms with Gasteiger partial charge in [0.25, 0.3) is 0 Å². The van der Waals surface area contributed by atoms with Crippen molar-refractivity contribution in [2.45, 2.75) is 43.5 Å². The van der Waals surface area contributed by atoms with Crippen LogP contribution < -0.4 is 10.2 Å². The van der Waals surface area contributed by atoms with Gasteiger partial charge in [0.15, 0.2) is 23.4 Å². The number of phenolic OH excluding ortho intramolecular Hbond substituents is 4. The third-order valence-electron chi connectivity index (χ3n) is 8.25. The SMILES string of the molecule is O=C(Cc1ccc(F)cc1)OC1[C@H](Oc2c(-c3ccc(O)c(O)c3)oc3cc(O)cc(O)c3c2=O)OC(CO)C(O)[C@@H]1OC(=O)Cc1ccc(F)cc1. The molecule has 4 aromatic carbocycles. The van der Waals surface area contributed by atoms with E-state index in [-0.39, 0.29) is 11.1 Å². The first-order valence-corrected chi connectivity index (χ1v) is 15.8. The van der Waals surface area contributed by atoms with E-state index in [1.54, 1.807) is 0 Å². The van der Waals surface area contributed by atoms with Crippen LogP contribution in [0.1, 0.15) is 11.1 Å². The van der Waals surface area contributed by atoms with E-state index >= 15 is 0 Å². The lowest BCUT2D eigenvalue weighted by molar-refractivity contribution is -0.285. The maximum Gasteiger partial charge on any atom is 0.310 e. The number of aliphatic hydroxyl groups is 2. The molecule has 0 aliphatic carbocycles. The largest absolute Gasteiger partial charge is 0.508 e. The minimum atomic E-state index is -1.99. The number of hydrogen-bond acceptors (Lipinski definition) is 14. The van der Waals surface area contributed by atoms with Crippen molar-refractivity contribution in [1.29, 1.82) is 0 Å². The third-order valence-corrected chi connectivity index (χ3v) is 8.25. The Bertz CT molecular complexity index is 2200. The average molecular weight is 737 g/mol. The zero-order valence-corrected chi connectivity index (χ0v) is 27.2. The predicted octanol–water partition coefficient (Wildman–Crippen LogP) is 3.33. The summed E-state index contributed by atoms with van der Waals surface area (Å²) >= 11 is 0. The van der Waals surface area contributed by atoms with Crippen LogP contribution in [0.15, 0.2) is 88.1 Å². The zero-order valence-electron chi connectivity index (χ0n) is 27.2. The Morgan fingerprint density at radius 2 is 1.32 bits per heavy atom. The Balaban J connectivity index is 1.44. The maximum absolute atomic E-state index is 14.0. The smallest absolute Gasteiger partial charge is 0.310 e. The van der Waals surface area contributed by atoms with E-state index in [2.05, 4.69) is 0 Å². The van der Waals surface area contributed by atoms with Gasteiger partial charge in [0.2, 0.25) is 23.6 Å². The number of halogens is 2. The van der Waals surface area contributed by atoms with Crippen molar-refractivity contribution in [2.24, 2.45) is 0 Å². The second kappa shape index (κ2) is 15.2. The van der Waals surface area contributed by atoms with Gasteiger partial charge in [-0.05, 0) is 53.6 Å². The molecule has 1 fully saturated rings. The van der Waals surface area contributed by atoms with Crippen molar-refractivity contribution >= 4 is 22.9 Å². The number of aromatic hydroxyl groups is 4. The molecule has 0 bridgehead atoms. The van der Waals surface area contributed by atoms with Gasteiger partial charge in [-0.25, -0.2) is 8.78 Å². The molecule has 0 saturated carbocycles. The number of phenols is 4. The molecule has 1 saturated heterocycles. The Morgan fingerprint density at radius 3 is 1.89 bits per heavy atom. The molecule has 2 heterocycles. The quantitative estimate of drug-likeness (QED) is 0.0895. The van der Waals surface area contributed by atoms with Gasteiger partial charge in [-0.1, -0.05) is 24.3 Å². The summed E-state index contributed by atoms with van der Waals surface area (Å²) in [6.07, 6.45) is -10.1. The second-order valence-electron chi connectivity index (χ2n) is 12.0. The number of fused-ring (bicyclic) bond motifs is 1. The third kappa shape index (κ3) is 7.99. The lowest BCUT2D eigenvalue weighted by Gasteiger charge is -2.42. The minimum Gasteiger partial charge on any atom is -0.508 e. The molecule has 1 aromatic heterocycles. The number of aliphatic hydroxyl groups excluding tert-OH is 2. The zero-order chi connectivity index (χ0) is 38.0. The number of esters is 2. The highest BCUT2D eigenvalue weighted by Crippen LogP contribution is 2.40. The first kappa shape index (κ1) is 36.6. The predicted molar refractivity (Wildman–Crippen MR) is 177 cm³/mol. The molecule has 0 amide bonds. The van der Waals surface area contributed by atoms with E-state index < -0.39 is 119 Å². The number of benzene rings is 4. The highest BCUT2D eigenvalue weighted by Gasteiger charge is 2.51. The van der Waals surface area contributed by atoms with Gasteiger partial charge in [-0.3, -0.25) is 14.4 Å². The van der Waals surface area contributed by atoms with Crippen molar-refractivity contribution < 1.29 is 72.4 Å². The van der Waals surface area contributed by atoms with Gasteiger partial charge in [-0.2, -0.15) is 0 Å². The second-order valence-corrected chi connectivity index (χ2v) is 12.0.